The van der Waals surface area contributed by atoms with Gasteiger partial charge in [0.2, 0.25) is 5.91 Å². The Morgan fingerprint density at radius 2 is 1.07 bits per heavy atom. The Labute approximate surface area is 330 Å². The zero-order valence-corrected chi connectivity index (χ0v) is 35.1. The molecule has 0 bridgehead atoms. The molecule has 310 valence electrons. The van der Waals surface area contributed by atoms with E-state index in [0.717, 1.165) is 57.8 Å². The van der Waals surface area contributed by atoms with Crippen LogP contribution in [-0.2, 0) is 18.4 Å². The summed E-state index contributed by atoms with van der Waals surface area (Å²) < 4.78 is 22.1. The minimum atomic E-state index is -4.36. The molecule has 0 radical (unpaired) electrons. The molecule has 3 atom stereocenters. The molecule has 5 N–H and O–H groups in total. The average molecular weight is 775 g/mol. The summed E-state index contributed by atoms with van der Waals surface area (Å²) in [6.07, 6.45) is 53.6. The molecule has 0 aliphatic carbocycles. The number of carbonyl (C=O) groups excluding carboxylic acids is 1. The summed E-state index contributed by atoms with van der Waals surface area (Å²) in [7, 11) is -4.36. The minimum absolute atomic E-state index is 0.0628. The summed E-state index contributed by atoms with van der Waals surface area (Å²) in [5.74, 6) is -0.279. The quantitative estimate of drug-likeness (QED) is 0.0279. The lowest BCUT2D eigenvalue weighted by molar-refractivity contribution is -0.122. The molecule has 0 aliphatic rings. The molecule has 0 heterocycles. The van der Waals surface area contributed by atoms with Gasteiger partial charge in [0.1, 0.15) is 0 Å². The van der Waals surface area contributed by atoms with E-state index in [1.165, 1.54) is 77.0 Å². The lowest BCUT2D eigenvalue weighted by Crippen LogP contribution is -2.45. The van der Waals surface area contributed by atoms with Gasteiger partial charge in [-0.3, -0.25) is 13.8 Å². The molecule has 0 rings (SSSR count). The predicted octanol–water partition coefficient (Wildman–Crippen LogP) is 11.8. The molecule has 0 spiro atoms. The molecule has 9 heteroatoms. The second-order valence-corrected chi connectivity index (χ2v) is 15.3. The fraction of sp³-hybridized carbons (Fsp3) is 0.667. The van der Waals surface area contributed by atoms with Crippen LogP contribution in [0.1, 0.15) is 162 Å². The highest BCUT2D eigenvalue weighted by molar-refractivity contribution is 7.47. The SMILES string of the molecule is CC/C=C\C/C=C\C/C=C\C/C=C\C/C=C\C/C=C\CCC(=O)NC(COP(=O)(O)OCCN)C(O)/C=C/CCCCCCCCCCCCCCCC. The number of rotatable bonds is 38. The summed E-state index contributed by atoms with van der Waals surface area (Å²) in [5, 5.41) is 13.6. The molecule has 1 amide bonds. The number of nitrogens with two attached hydrogens (primary N) is 1. The molecular formula is C45H79N2O6P. The number of phosphoric acid groups is 1. The molecule has 0 saturated carbocycles. The van der Waals surface area contributed by atoms with E-state index in [2.05, 4.69) is 79.9 Å². The lowest BCUT2D eigenvalue weighted by atomic mass is 10.0. The minimum Gasteiger partial charge on any atom is -0.387 e. The van der Waals surface area contributed by atoms with Gasteiger partial charge in [0, 0.05) is 13.0 Å². The van der Waals surface area contributed by atoms with Crippen molar-refractivity contribution in [1.82, 2.24) is 5.32 Å². The number of nitrogens with one attached hydrogen (secondary N) is 1. The van der Waals surface area contributed by atoms with Crippen molar-refractivity contribution < 1.29 is 28.4 Å². The van der Waals surface area contributed by atoms with Gasteiger partial charge in [-0.2, -0.15) is 0 Å². The molecule has 8 nitrogen and oxygen atoms in total. The third-order valence-electron chi connectivity index (χ3n) is 8.74. The van der Waals surface area contributed by atoms with Gasteiger partial charge in [0.05, 0.1) is 25.4 Å². The summed E-state index contributed by atoms with van der Waals surface area (Å²) in [6, 6.07) is -0.905. The maximum absolute atomic E-state index is 12.7. The first-order chi connectivity index (χ1) is 26.4. The Morgan fingerprint density at radius 1 is 0.630 bits per heavy atom. The summed E-state index contributed by atoms with van der Waals surface area (Å²) in [4.78, 5) is 22.6. The highest BCUT2D eigenvalue weighted by atomic mass is 31.2. The van der Waals surface area contributed by atoms with Gasteiger partial charge in [-0.1, -0.05) is 182 Å². The van der Waals surface area contributed by atoms with Crippen molar-refractivity contribution in [3.05, 3.63) is 85.1 Å². The molecule has 0 aromatic rings. The van der Waals surface area contributed by atoms with Crippen LogP contribution in [0.15, 0.2) is 85.1 Å². The van der Waals surface area contributed by atoms with Crippen molar-refractivity contribution >= 4 is 13.7 Å². The van der Waals surface area contributed by atoms with E-state index in [-0.39, 0.29) is 32.1 Å². The van der Waals surface area contributed by atoms with E-state index in [0.29, 0.717) is 6.42 Å². The largest absolute Gasteiger partial charge is 0.472 e. The number of allylic oxidation sites excluding steroid dienone is 13. The zero-order valence-electron chi connectivity index (χ0n) is 34.2. The Bertz CT molecular complexity index is 1110. The number of carbonyl (C=O) groups is 1. The topological polar surface area (TPSA) is 131 Å². The first-order valence-corrected chi connectivity index (χ1v) is 22.7. The Balaban J connectivity index is 4.40. The van der Waals surface area contributed by atoms with Crippen LogP contribution in [0.5, 0.6) is 0 Å². The van der Waals surface area contributed by atoms with Crippen molar-refractivity contribution in [3.63, 3.8) is 0 Å². The number of aliphatic hydroxyl groups is 1. The second-order valence-electron chi connectivity index (χ2n) is 13.8. The Morgan fingerprint density at radius 3 is 1.54 bits per heavy atom. The third-order valence-corrected chi connectivity index (χ3v) is 9.72. The van der Waals surface area contributed by atoms with Crippen molar-refractivity contribution in [2.45, 2.75) is 174 Å². The Hall–Kier alpha value is -2.32. The van der Waals surface area contributed by atoms with E-state index in [4.69, 9.17) is 14.8 Å². The summed E-state index contributed by atoms with van der Waals surface area (Å²) >= 11 is 0. The molecule has 0 fully saturated rings. The highest BCUT2D eigenvalue weighted by Crippen LogP contribution is 2.43. The molecule has 0 aromatic heterocycles. The van der Waals surface area contributed by atoms with E-state index >= 15 is 0 Å². The number of hydrogen-bond donors (Lipinski definition) is 4. The van der Waals surface area contributed by atoms with Crippen LogP contribution in [0.4, 0.5) is 0 Å². The maximum atomic E-state index is 12.7. The van der Waals surface area contributed by atoms with Gasteiger partial charge in [-0.15, -0.1) is 0 Å². The number of aliphatic hydroxyl groups excluding tert-OH is 1. The van der Waals surface area contributed by atoms with E-state index < -0.39 is 20.0 Å². The molecule has 54 heavy (non-hydrogen) atoms. The van der Waals surface area contributed by atoms with Gasteiger partial charge in [-0.25, -0.2) is 4.57 Å². The number of amides is 1. The van der Waals surface area contributed by atoms with Crippen molar-refractivity contribution in [1.29, 1.82) is 0 Å². The molecule has 0 aromatic carbocycles. The summed E-state index contributed by atoms with van der Waals surface area (Å²) in [6.45, 7) is 3.95. The summed E-state index contributed by atoms with van der Waals surface area (Å²) in [5.41, 5.74) is 5.36. The van der Waals surface area contributed by atoms with Crippen LogP contribution >= 0.6 is 7.82 Å². The van der Waals surface area contributed by atoms with E-state index in [1.807, 2.05) is 18.2 Å². The van der Waals surface area contributed by atoms with Gasteiger partial charge in [0.15, 0.2) is 0 Å². The van der Waals surface area contributed by atoms with Crippen molar-refractivity contribution in [3.8, 4) is 0 Å². The van der Waals surface area contributed by atoms with Crippen LogP contribution in [-0.4, -0.2) is 47.8 Å². The first-order valence-electron chi connectivity index (χ1n) is 21.2. The van der Waals surface area contributed by atoms with Crippen LogP contribution < -0.4 is 11.1 Å². The van der Waals surface area contributed by atoms with Gasteiger partial charge in [0.25, 0.3) is 0 Å². The van der Waals surface area contributed by atoms with Crippen molar-refractivity contribution in [2.24, 2.45) is 5.73 Å². The first kappa shape index (κ1) is 51.7. The average Bonchev–Trinajstić information content (AvgIpc) is 3.16. The van der Waals surface area contributed by atoms with Crippen LogP contribution in [0.2, 0.25) is 0 Å². The van der Waals surface area contributed by atoms with E-state index in [1.54, 1.807) is 6.08 Å². The number of unbranched alkanes of at least 4 members (excludes halogenated alkanes) is 14. The normalized spacial score (nSPS) is 15.0. The van der Waals surface area contributed by atoms with Gasteiger partial charge in [-0.05, 0) is 57.8 Å². The smallest absolute Gasteiger partial charge is 0.387 e. The van der Waals surface area contributed by atoms with Gasteiger partial charge < -0.3 is 21.1 Å². The zero-order chi connectivity index (χ0) is 39.6. The second kappa shape index (κ2) is 40.3. The highest BCUT2D eigenvalue weighted by Gasteiger charge is 2.26. The number of phosphoric ester groups is 1. The third kappa shape index (κ3) is 38.0. The molecule has 3 unspecified atom stereocenters. The van der Waals surface area contributed by atoms with Crippen LogP contribution in [0.3, 0.4) is 0 Å². The molecule has 0 saturated heterocycles. The maximum Gasteiger partial charge on any atom is 0.472 e. The molecule has 0 aliphatic heterocycles. The number of hydrogen-bond acceptors (Lipinski definition) is 6. The standard InChI is InChI=1S/C45H79N2O6P/c1-3-5-7-9-11-13-15-17-19-21-22-23-25-27-29-31-33-35-37-39-45(49)47-43(42-53-54(50,51)52-41-40-46)44(48)38-36-34-32-30-28-26-24-20-18-16-14-12-10-8-6-4-2/h5,7,11,13,17,19,22-23,27,29,33,35-36,38,43-44,48H,3-4,6,8-10,12,14-16,18,20-21,24-26,28,30-32,34,37,39-42,46H2,1-2H3,(H,47,49)(H,50,51)/b7-5-,13-11-,19-17-,23-22-,29-27-,35-33-,38-36+. The van der Waals surface area contributed by atoms with Crippen LogP contribution in [0, 0.1) is 0 Å². The molecular weight excluding hydrogens is 695 g/mol. The van der Waals surface area contributed by atoms with Crippen molar-refractivity contribution in [2.75, 3.05) is 19.8 Å². The fourth-order valence-electron chi connectivity index (χ4n) is 5.56. The van der Waals surface area contributed by atoms with E-state index in [9.17, 15) is 19.4 Å². The van der Waals surface area contributed by atoms with Gasteiger partial charge >= 0.3 is 7.82 Å². The predicted molar refractivity (Wildman–Crippen MR) is 230 cm³/mol. The lowest BCUT2D eigenvalue weighted by Gasteiger charge is -2.23. The fourth-order valence-corrected chi connectivity index (χ4v) is 6.32. The monoisotopic (exact) mass is 775 g/mol. The van der Waals surface area contributed by atoms with Crippen LogP contribution in [0.25, 0.3) is 0 Å². The Kier molecular flexibility index (Phi) is 38.6.